The van der Waals surface area contributed by atoms with Gasteiger partial charge >= 0.3 is 13.1 Å². The number of fused-ring (bicyclic) bond motifs is 3. The number of H-pyrrole nitrogens is 3. The first-order chi connectivity index (χ1) is 63.6. The molecule has 0 aliphatic carbocycles. The van der Waals surface area contributed by atoms with Crippen molar-refractivity contribution in [3.63, 3.8) is 0 Å². The molecule has 0 radical (unpaired) electrons. The van der Waals surface area contributed by atoms with Crippen molar-refractivity contribution in [3.8, 4) is 11.5 Å². The third-order valence-corrected chi connectivity index (χ3v) is 23.1. The maximum Gasteiger partial charge on any atom is 0.488 e. The van der Waals surface area contributed by atoms with E-state index >= 15 is 19.2 Å². The van der Waals surface area contributed by atoms with Gasteiger partial charge in [0.05, 0.1) is 12.1 Å². The zero-order valence-electron chi connectivity index (χ0n) is 74.1. The second-order valence-corrected chi connectivity index (χ2v) is 33.2. The van der Waals surface area contributed by atoms with Crippen molar-refractivity contribution in [2.24, 2.45) is 34.4 Å². The summed E-state index contributed by atoms with van der Waals surface area (Å²) in [6.45, 7) is 0.945. The summed E-state index contributed by atoms with van der Waals surface area (Å²) >= 11 is 0. The number of carbonyl (C=O) groups is 12. The summed E-state index contributed by atoms with van der Waals surface area (Å²) < 4.78 is 0. The predicted molar refractivity (Wildman–Crippen MR) is 502 cm³/mol. The molecule has 37 nitrogen and oxygen atoms in total. The van der Waals surface area contributed by atoms with Gasteiger partial charge in [0, 0.05) is 89.2 Å². The number of benzene rings is 6. The van der Waals surface area contributed by atoms with Gasteiger partial charge in [-0.15, -0.1) is 0 Å². The zero-order chi connectivity index (χ0) is 95.0. The van der Waals surface area contributed by atoms with Crippen molar-refractivity contribution in [3.05, 3.63) is 198 Å². The minimum absolute atomic E-state index is 0.00556. The van der Waals surface area contributed by atoms with E-state index in [4.69, 9.17) is 34.4 Å². The van der Waals surface area contributed by atoms with Crippen LogP contribution in [0.2, 0.25) is 0 Å². The van der Waals surface area contributed by atoms with E-state index < -0.39 is 145 Å². The number of aromatic amines is 3. The number of aliphatic carboxylic acids is 1. The average molecular weight is 1820 g/mol. The number of para-hydroxylation sites is 3. The van der Waals surface area contributed by atoms with Gasteiger partial charge < -0.3 is 133 Å². The van der Waals surface area contributed by atoms with Crippen LogP contribution in [0.1, 0.15) is 154 Å². The molecular weight excluding hydrogens is 1690 g/mol. The second-order valence-electron chi connectivity index (χ2n) is 33.2. The summed E-state index contributed by atoms with van der Waals surface area (Å²) in [5.41, 5.74) is 42.3. The first kappa shape index (κ1) is 103. The van der Waals surface area contributed by atoms with Crippen LogP contribution < -0.4 is 98.3 Å². The van der Waals surface area contributed by atoms with Crippen LogP contribution in [0.5, 0.6) is 11.5 Å². The number of phenolic OH excluding ortho intramolecular Hbond substituents is 2. The lowest BCUT2D eigenvalue weighted by molar-refractivity contribution is -0.142. The number of carboxylic acids is 1. The summed E-state index contributed by atoms with van der Waals surface area (Å²) in [5.74, 6) is -10.2. The normalized spacial score (nSPS) is 13.8. The van der Waals surface area contributed by atoms with E-state index in [0.29, 0.717) is 79.1 Å². The molecule has 0 saturated heterocycles. The fraction of sp³-hybridized carbons (Fsp3) is 0.426. The minimum atomic E-state index is -1.80. The molecule has 3 heterocycles. The SMILES string of the molecule is NCCCC[C@H](NC(=O)[C@H](CCCCN)NC(=O)[C@@H](N)Cc1c[nH]c2ccccc12)C(=O)NCCCC[C@H](NC(=O)[C@H](CCCCN)NC(=O)[C@H](CCCCN)NC(=O)[C@@H](N)Cc1c[nH]c2ccccc12)C(=O)N[C@@H](CCCCNC(=O)c1ccc(B(O)O)cc1)C(=O)N[C@@H](Cc1ccc(O)cc1)C(=O)N[C@@H](Cc1c[nH]c2ccccc12)C(=O)N[C@@H](Cc1ccc(O)cc1)C(=O)O. The van der Waals surface area contributed by atoms with Gasteiger partial charge in [0.2, 0.25) is 59.1 Å². The van der Waals surface area contributed by atoms with E-state index in [1.54, 1.807) is 42.9 Å². The molecule has 0 fully saturated rings. The fourth-order valence-electron chi connectivity index (χ4n) is 15.6. The quantitative estimate of drug-likeness (QED) is 0.0188. The van der Waals surface area contributed by atoms with E-state index in [-0.39, 0.29) is 158 Å². The summed E-state index contributed by atoms with van der Waals surface area (Å²) in [5, 5.41) is 83.6. The van der Waals surface area contributed by atoms with Crippen molar-refractivity contribution in [2.45, 2.75) is 214 Å². The molecule has 0 aliphatic rings. The van der Waals surface area contributed by atoms with Crippen molar-refractivity contribution in [1.82, 2.24) is 73.4 Å². The Kier molecular flexibility index (Phi) is 41.4. The molecule has 6 aromatic carbocycles. The third kappa shape index (κ3) is 32.2. The Morgan fingerprint density at radius 2 is 0.598 bits per heavy atom. The van der Waals surface area contributed by atoms with Gasteiger partial charge in [-0.05, 0) is 242 Å². The van der Waals surface area contributed by atoms with E-state index in [1.165, 1.54) is 72.8 Å². The molecule has 31 N–H and O–H groups in total. The number of hydrogen-bond donors (Lipinski definition) is 25. The monoisotopic (exact) mass is 1820 g/mol. The molecule has 11 amide bonds. The smallest absolute Gasteiger partial charge is 0.488 e. The largest absolute Gasteiger partial charge is 0.508 e. The second kappa shape index (κ2) is 53.3. The summed E-state index contributed by atoms with van der Waals surface area (Å²) in [7, 11) is -1.80. The number of aromatic hydroxyl groups is 2. The van der Waals surface area contributed by atoms with Crippen LogP contribution in [0.25, 0.3) is 32.7 Å². The lowest BCUT2D eigenvalue weighted by Crippen LogP contribution is -2.60. The number of phenols is 2. The molecule has 0 spiro atoms. The molecule has 3 aromatic heterocycles. The van der Waals surface area contributed by atoms with Crippen molar-refractivity contribution in [2.75, 3.05) is 39.3 Å². The van der Waals surface area contributed by atoms with Crippen LogP contribution in [-0.2, 0) is 84.8 Å². The molecule has 9 aromatic rings. The third-order valence-electron chi connectivity index (χ3n) is 23.1. The van der Waals surface area contributed by atoms with E-state index in [0.717, 1.165) is 32.9 Å². The first-order valence-corrected chi connectivity index (χ1v) is 45.1. The Balaban J connectivity index is 1.01. The number of nitrogens with one attached hydrogen (secondary N) is 14. The highest BCUT2D eigenvalue weighted by Crippen LogP contribution is 2.25. The number of aromatic nitrogens is 3. The number of nitrogens with two attached hydrogens (primary N) is 6. The molecule has 38 heteroatoms. The van der Waals surface area contributed by atoms with Crippen LogP contribution >= 0.6 is 0 Å². The molecule has 0 saturated carbocycles. The van der Waals surface area contributed by atoms with Crippen LogP contribution in [0.4, 0.5) is 0 Å². The highest BCUT2D eigenvalue weighted by atomic mass is 16.4. The molecule has 9 rings (SSSR count). The zero-order valence-corrected chi connectivity index (χ0v) is 74.1. The molecule has 0 bridgehead atoms. The van der Waals surface area contributed by atoms with Gasteiger partial charge in [-0.2, -0.15) is 0 Å². The van der Waals surface area contributed by atoms with Crippen molar-refractivity contribution in [1.29, 1.82) is 0 Å². The van der Waals surface area contributed by atoms with E-state index in [2.05, 4.69) is 73.4 Å². The Morgan fingerprint density at radius 3 is 0.947 bits per heavy atom. The topological polar surface area (TPSA) is 642 Å². The Morgan fingerprint density at radius 1 is 0.311 bits per heavy atom. The number of carboxylic acid groups (broad SMARTS) is 1. The number of hydrogen-bond acceptors (Lipinski definition) is 22. The molecular formula is C94H127BN20O17. The number of amides is 11. The highest BCUT2D eigenvalue weighted by Gasteiger charge is 2.37. The van der Waals surface area contributed by atoms with Gasteiger partial charge in [0.25, 0.3) is 5.91 Å². The van der Waals surface area contributed by atoms with Gasteiger partial charge in [-0.3, -0.25) is 52.7 Å². The highest BCUT2D eigenvalue weighted by molar-refractivity contribution is 6.58. The predicted octanol–water partition coefficient (Wildman–Crippen LogP) is 1.24. The average Bonchev–Trinajstić information content (AvgIpc) is 1.71. The fourth-order valence-corrected chi connectivity index (χ4v) is 15.6. The maximum absolute atomic E-state index is 15.7. The lowest BCUT2D eigenvalue weighted by atomic mass is 9.80. The van der Waals surface area contributed by atoms with Gasteiger partial charge in [0.15, 0.2) is 0 Å². The standard InChI is InChI=1S/C94H127BN20O17/c96-43-13-7-25-74(109-87(122)75(26-8-14-44-97)107-84(119)69(100)51-60-54-104-71-22-4-1-19-66(60)71)86(121)103-48-18-12-29-78(111-89(124)77(28-10-16-46-99)110-88(123)76(27-9-15-45-98)108-85(120)70(101)52-61-55-105-72-23-5-2-20-67(61)72)90(125)112-79(30-11-17-47-102-83(118)59-35-37-63(38-36-59)95(131)132)91(126)113-80(49-57-31-39-64(116)40-32-57)92(127)114-81(53-62-56-106-73-24-6-3-21-68(62)73)93(128)115-82(94(129)130)50-58-33-41-65(117)42-34-58/h1-6,19-24,31-42,54-56,69-70,74-82,104-106,116-117,131-132H,7-18,25-30,43-53,96-101H2,(H,102,118)(H,103,121)(H,107,119)(H,108,120)(H,109,122)(H,110,123)(H,111,124)(H,112,125)(H,113,126)(H,114,127)(H,115,128)(H,129,130)/t69-,70-,74-,75-,76-,77-,78-,79-,80-,81-,82-/m0/s1. The van der Waals surface area contributed by atoms with Crippen molar-refractivity contribution < 1.29 is 82.9 Å². The van der Waals surface area contributed by atoms with Crippen LogP contribution in [-0.4, -0.2) is 224 Å². The van der Waals surface area contributed by atoms with Crippen molar-refractivity contribution >= 4 is 116 Å². The lowest BCUT2D eigenvalue weighted by Gasteiger charge is -2.28. The maximum atomic E-state index is 15.7. The van der Waals surface area contributed by atoms with Crippen LogP contribution in [0, 0.1) is 0 Å². The first-order valence-electron chi connectivity index (χ1n) is 45.1. The number of unbranched alkanes of at least 4 members (excludes halogenated alkanes) is 6. The van der Waals surface area contributed by atoms with E-state index in [9.17, 15) is 63.7 Å². The van der Waals surface area contributed by atoms with Gasteiger partial charge in [-0.1, -0.05) is 91.0 Å². The minimum Gasteiger partial charge on any atom is -0.508 e. The molecule has 0 unspecified atom stereocenters. The molecule has 11 atom stereocenters. The van der Waals surface area contributed by atoms with Gasteiger partial charge in [-0.25, -0.2) is 4.79 Å². The Bertz CT molecular complexity index is 5270. The Labute approximate surface area is 765 Å². The summed E-state index contributed by atoms with van der Waals surface area (Å²) in [4.78, 5) is 185. The molecule has 0 aliphatic heterocycles. The van der Waals surface area contributed by atoms with Crippen LogP contribution in [0.3, 0.4) is 0 Å². The number of rotatable bonds is 58. The van der Waals surface area contributed by atoms with E-state index in [1.807, 2.05) is 48.5 Å². The summed E-state index contributed by atoms with van der Waals surface area (Å²) in [6, 6.07) is 23.9. The summed E-state index contributed by atoms with van der Waals surface area (Å²) in [6.07, 6.45) is 8.13. The molecule has 132 heavy (non-hydrogen) atoms. The number of carbonyl (C=O) groups excluding carboxylic acids is 11. The van der Waals surface area contributed by atoms with Gasteiger partial charge in [0.1, 0.15) is 65.9 Å². The Hall–Kier alpha value is -13.1. The van der Waals surface area contributed by atoms with Crippen LogP contribution in [0.15, 0.2) is 164 Å². The molecule has 708 valence electrons.